The second-order valence-electron chi connectivity index (χ2n) is 4.34. The van der Waals surface area contributed by atoms with Crippen molar-refractivity contribution in [1.82, 2.24) is 0 Å². The van der Waals surface area contributed by atoms with Gasteiger partial charge in [-0.25, -0.2) is 0 Å². The highest BCUT2D eigenvalue weighted by Crippen LogP contribution is 2.39. The van der Waals surface area contributed by atoms with Crippen LogP contribution >= 0.6 is 15.9 Å². The summed E-state index contributed by atoms with van der Waals surface area (Å²) in [6.45, 7) is 4.52. The fraction of sp³-hybridized carbons (Fsp3) is 0.571. The zero-order valence-electron chi connectivity index (χ0n) is 9.65. The average Bonchev–Trinajstić information content (AvgIpc) is 2.28. The van der Waals surface area contributed by atoms with Crippen LogP contribution in [0.1, 0.15) is 53.8 Å². The zero-order valence-corrected chi connectivity index (χ0v) is 11.2. The van der Waals surface area contributed by atoms with Crippen LogP contribution in [-0.2, 0) is 19.3 Å². The van der Waals surface area contributed by atoms with Crippen LogP contribution in [0.5, 0.6) is 0 Å². The number of alkyl halides is 1. The van der Waals surface area contributed by atoms with Crippen molar-refractivity contribution in [2.75, 3.05) is 0 Å². The number of aryl methyl sites for hydroxylation is 2. The molecule has 0 bridgehead atoms. The van der Waals surface area contributed by atoms with Gasteiger partial charge in [-0.05, 0) is 54.4 Å². The normalized spacial score (nSPS) is 20.1. The van der Waals surface area contributed by atoms with E-state index in [0.29, 0.717) is 4.83 Å². The molecule has 82 valence electrons. The first kappa shape index (κ1) is 11.2. The van der Waals surface area contributed by atoms with Crippen molar-refractivity contribution < 1.29 is 0 Å². The summed E-state index contributed by atoms with van der Waals surface area (Å²) in [5, 5.41) is 0. The molecular formula is C14H19Br. The van der Waals surface area contributed by atoms with Gasteiger partial charge >= 0.3 is 0 Å². The summed E-state index contributed by atoms with van der Waals surface area (Å²) in [6.07, 6.45) is 6.26. The zero-order chi connectivity index (χ0) is 10.8. The molecule has 0 nitrogen and oxygen atoms in total. The van der Waals surface area contributed by atoms with E-state index in [1.807, 2.05) is 0 Å². The van der Waals surface area contributed by atoms with Gasteiger partial charge in [-0.2, -0.15) is 0 Å². The lowest BCUT2D eigenvalue weighted by Crippen LogP contribution is -2.11. The summed E-state index contributed by atoms with van der Waals surface area (Å²) >= 11 is 3.84. The predicted octanol–water partition coefficient (Wildman–Crippen LogP) is 4.58. The Balaban J connectivity index is 2.56. The maximum absolute atomic E-state index is 3.84. The SMILES string of the molecule is CCc1ccc(CC)c2c1CCCC2Br. The monoisotopic (exact) mass is 266 g/mol. The Morgan fingerprint density at radius 1 is 1.20 bits per heavy atom. The summed E-state index contributed by atoms with van der Waals surface area (Å²) in [7, 11) is 0. The minimum absolute atomic E-state index is 0.600. The van der Waals surface area contributed by atoms with Gasteiger partial charge in [0.25, 0.3) is 0 Å². The van der Waals surface area contributed by atoms with Crippen LogP contribution in [0.2, 0.25) is 0 Å². The highest BCUT2D eigenvalue weighted by molar-refractivity contribution is 9.09. The van der Waals surface area contributed by atoms with Crippen molar-refractivity contribution >= 4 is 15.9 Å². The minimum Gasteiger partial charge on any atom is -0.0839 e. The van der Waals surface area contributed by atoms with Crippen molar-refractivity contribution in [1.29, 1.82) is 0 Å². The van der Waals surface area contributed by atoms with Crippen molar-refractivity contribution in [3.8, 4) is 0 Å². The quantitative estimate of drug-likeness (QED) is 0.688. The van der Waals surface area contributed by atoms with Gasteiger partial charge in [-0.15, -0.1) is 0 Å². The first-order valence-corrected chi connectivity index (χ1v) is 6.97. The van der Waals surface area contributed by atoms with Crippen LogP contribution in [0.3, 0.4) is 0 Å². The van der Waals surface area contributed by atoms with Crippen LogP contribution < -0.4 is 0 Å². The molecule has 0 saturated carbocycles. The van der Waals surface area contributed by atoms with E-state index in [1.165, 1.54) is 25.7 Å². The van der Waals surface area contributed by atoms with E-state index in [4.69, 9.17) is 0 Å². The molecule has 0 heterocycles. The highest BCUT2D eigenvalue weighted by Gasteiger charge is 2.22. The molecule has 1 atom stereocenters. The van der Waals surface area contributed by atoms with Gasteiger partial charge in [-0.3, -0.25) is 0 Å². The number of hydrogen-bond acceptors (Lipinski definition) is 0. The molecule has 0 aromatic heterocycles. The summed E-state index contributed by atoms with van der Waals surface area (Å²) < 4.78 is 0. The maximum atomic E-state index is 3.84. The third-order valence-corrected chi connectivity index (χ3v) is 4.42. The predicted molar refractivity (Wildman–Crippen MR) is 69.8 cm³/mol. The molecule has 0 aliphatic heterocycles. The van der Waals surface area contributed by atoms with Crippen molar-refractivity contribution in [2.45, 2.75) is 50.8 Å². The van der Waals surface area contributed by atoms with Gasteiger partial charge in [0, 0.05) is 4.83 Å². The summed E-state index contributed by atoms with van der Waals surface area (Å²) in [4.78, 5) is 0.600. The third-order valence-electron chi connectivity index (χ3n) is 3.50. The molecule has 0 amide bonds. The van der Waals surface area contributed by atoms with Gasteiger partial charge < -0.3 is 0 Å². The summed E-state index contributed by atoms with van der Waals surface area (Å²) in [5.74, 6) is 0. The lowest BCUT2D eigenvalue weighted by atomic mass is 9.84. The van der Waals surface area contributed by atoms with Crippen molar-refractivity contribution in [3.63, 3.8) is 0 Å². The topological polar surface area (TPSA) is 0 Å². The van der Waals surface area contributed by atoms with Crippen LogP contribution in [-0.4, -0.2) is 0 Å². The molecule has 1 unspecified atom stereocenters. The Labute approximate surface area is 101 Å². The van der Waals surface area contributed by atoms with Crippen LogP contribution in [0.4, 0.5) is 0 Å². The third kappa shape index (κ3) is 1.99. The number of rotatable bonds is 2. The Hall–Kier alpha value is -0.300. The maximum Gasteiger partial charge on any atom is 0.0401 e. The molecule has 1 aliphatic carbocycles. The molecule has 1 heteroatoms. The van der Waals surface area contributed by atoms with Gasteiger partial charge in [0.15, 0.2) is 0 Å². The summed E-state index contributed by atoms with van der Waals surface area (Å²) in [5.41, 5.74) is 6.36. The molecule has 1 aliphatic rings. The van der Waals surface area contributed by atoms with Gasteiger partial charge in [0.2, 0.25) is 0 Å². The van der Waals surface area contributed by atoms with Crippen LogP contribution in [0.25, 0.3) is 0 Å². The first-order chi connectivity index (χ1) is 7.27. The Kier molecular flexibility index (Phi) is 3.50. The summed E-state index contributed by atoms with van der Waals surface area (Å²) in [6, 6.07) is 4.67. The second kappa shape index (κ2) is 4.69. The van der Waals surface area contributed by atoms with E-state index >= 15 is 0 Å². The Morgan fingerprint density at radius 2 is 1.87 bits per heavy atom. The van der Waals surface area contributed by atoms with Crippen LogP contribution in [0.15, 0.2) is 12.1 Å². The number of benzene rings is 1. The smallest absolute Gasteiger partial charge is 0.0401 e. The van der Waals surface area contributed by atoms with E-state index in [-0.39, 0.29) is 0 Å². The fourth-order valence-electron chi connectivity index (χ4n) is 2.69. The number of fused-ring (bicyclic) bond motifs is 1. The van der Waals surface area contributed by atoms with E-state index in [2.05, 4.69) is 41.9 Å². The van der Waals surface area contributed by atoms with Gasteiger partial charge in [0.05, 0.1) is 0 Å². The highest BCUT2D eigenvalue weighted by atomic mass is 79.9. The van der Waals surface area contributed by atoms with E-state index in [1.54, 1.807) is 22.3 Å². The minimum atomic E-state index is 0.600. The van der Waals surface area contributed by atoms with E-state index < -0.39 is 0 Å². The molecule has 1 aromatic carbocycles. The Morgan fingerprint density at radius 3 is 2.53 bits per heavy atom. The second-order valence-corrected chi connectivity index (χ2v) is 5.45. The molecule has 0 fully saturated rings. The molecule has 0 spiro atoms. The van der Waals surface area contributed by atoms with Gasteiger partial charge in [0.1, 0.15) is 0 Å². The van der Waals surface area contributed by atoms with Gasteiger partial charge in [-0.1, -0.05) is 41.9 Å². The Bertz CT molecular complexity index is 355. The average molecular weight is 267 g/mol. The van der Waals surface area contributed by atoms with Crippen molar-refractivity contribution in [2.24, 2.45) is 0 Å². The molecular weight excluding hydrogens is 248 g/mol. The molecule has 0 N–H and O–H groups in total. The molecule has 0 saturated heterocycles. The molecule has 15 heavy (non-hydrogen) atoms. The molecule has 0 radical (unpaired) electrons. The van der Waals surface area contributed by atoms with E-state index in [0.717, 1.165) is 6.42 Å². The largest absolute Gasteiger partial charge is 0.0839 e. The van der Waals surface area contributed by atoms with Crippen LogP contribution in [0, 0.1) is 0 Å². The molecule has 1 aromatic rings. The fourth-order valence-corrected chi connectivity index (χ4v) is 3.58. The number of halogens is 1. The number of hydrogen-bond donors (Lipinski definition) is 0. The van der Waals surface area contributed by atoms with Crippen molar-refractivity contribution in [3.05, 3.63) is 34.4 Å². The lowest BCUT2D eigenvalue weighted by molar-refractivity contribution is 0.668. The standard InChI is InChI=1S/C14H19Br/c1-3-10-8-9-11(4-2)14-12(10)6-5-7-13(14)15/h8-9,13H,3-7H2,1-2H3. The van der Waals surface area contributed by atoms with E-state index in [9.17, 15) is 0 Å². The molecule has 2 rings (SSSR count). The first-order valence-electron chi connectivity index (χ1n) is 6.05. The lowest BCUT2D eigenvalue weighted by Gasteiger charge is -2.26.